The number of carbonyl (C=O) groups is 5. The zero-order valence-corrected chi connectivity index (χ0v) is 23.3. The zero-order valence-electron chi connectivity index (χ0n) is 23.3. The van der Waals surface area contributed by atoms with Gasteiger partial charge < -0.3 is 28.8 Å². The predicted octanol–water partition coefficient (Wildman–Crippen LogP) is 3.01. The molecule has 4 atom stereocenters. The van der Waals surface area contributed by atoms with Gasteiger partial charge in [-0.15, -0.1) is 0 Å². The number of Topliss-reactive ketones (excluding diaryl/α,β-unsaturated/α-hetero) is 1. The first-order valence-electron chi connectivity index (χ1n) is 12.9. The van der Waals surface area contributed by atoms with E-state index >= 15 is 0 Å². The van der Waals surface area contributed by atoms with Crippen LogP contribution in [-0.2, 0) is 39.8 Å². The van der Waals surface area contributed by atoms with Gasteiger partial charge in [0.2, 0.25) is 12.6 Å². The Morgan fingerprint density at radius 3 is 2.51 bits per heavy atom. The first-order chi connectivity index (χ1) is 19.4. The number of nitrogens with zero attached hydrogens (tertiary/aromatic N) is 1. The van der Waals surface area contributed by atoms with Crippen molar-refractivity contribution in [2.75, 3.05) is 20.5 Å². The van der Waals surface area contributed by atoms with E-state index in [4.69, 9.17) is 23.7 Å². The van der Waals surface area contributed by atoms with Gasteiger partial charge in [0.15, 0.2) is 22.8 Å². The fourth-order valence-corrected chi connectivity index (χ4v) is 4.52. The largest absolute Gasteiger partial charge is 0.493 e. The summed E-state index contributed by atoms with van der Waals surface area (Å²) in [6.45, 7) is 3.16. The molecule has 220 valence electrons. The number of aliphatic carboxylic acids is 1. The lowest BCUT2D eigenvalue weighted by atomic mass is 9.81. The summed E-state index contributed by atoms with van der Waals surface area (Å²) in [4.78, 5) is 67.5. The van der Waals surface area contributed by atoms with Crippen LogP contribution in [-0.4, -0.2) is 65.9 Å². The Morgan fingerprint density at radius 2 is 1.88 bits per heavy atom. The molecule has 12 nitrogen and oxygen atoms in total. The molecule has 0 saturated carbocycles. The lowest BCUT2D eigenvalue weighted by Gasteiger charge is -2.30. The number of carbonyl (C=O) groups excluding carboxylic acids is 4. The van der Waals surface area contributed by atoms with E-state index in [1.807, 2.05) is 6.07 Å². The summed E-state index contributed by atoms with van der Waals surface area (Å²) in [5.41, 5.74) is -1.62. The lowest BCUT2D eigenvalue weighted by Crippen LogP contribution is -2.44. The van der Waals surface area contributed by atoms with Gasteiger partial charge in [0.1, 0.15) is 0 Å². The number of esters is 3. The smallest absolute Gasteiger partial charge is 0.310 e. The summed E-state index contributed by atoms with van der Waals surface area (Å²) in [6.07, 6.45) is 0.822. The highest BCUT2D eigenvalue weighted by molar-refractivity contribution is 6.06. The Kier molecular flexibility index (Phi) is 10.4. The maximum atomic E-state index is 13.9. The summed E-state index contributed by atoms with van der Waals surface area (Å²) in [5.74, 6) is -6.76. The molecule has 1 fully saturated rings. The van der Waals surface area contributed by atoms with E-state index in [0.29, 0.717) is 0 Å². The molecule has 2 aromatic rings. The first kappa shape index (κ1) is 31.1. The number of benzene rings is 1. The van der Waals surface area contributed by atoms with Crippen molar-refractivity contribution in [1.82, 2.24) is 4.98 Å². The fraction of sp³-hybridized carbons (Fsp3) is 0.448. The number of rotatable bonds is 11. The highest BCUT2D eigenvalue weighted by Gasteiger charge is 2.47. The van der Waals surface area contributed by atoms with Crippen LogP contribution in [0.4, 0.5) is 0 Å². The van der Waals surface area contributed by atoms with Crippen molar-refractivity contribution in [2.45, 2.75) is 45.6 Å². The van der Waals surface area contributed by atoms with Crippen molar-refractivity contribution in [3.05, 3.63) is 53.9 Å². The number of ketones is 1. The van der Waals surface area contributed by atoms with E-state index in [2.05, 4.69) is 4.98 Å². The van der Waals surface area contributed by atoms with Crippen molar-refractivity contribution in [2.24, 2.45) is 17.8 Å². The van der Waals surface area contributed by atoms with Crippen molar-refractivity contribution in [3.8, 4) is 11.5 Å². The average Bonchev–Trinajstić information content (AvgIpc) is 2.97. The first-order valence-corrected chi connectivity index (χ1v) is 12.9. The number of carboxylic acids is 1. The maximum Gasteiger partial charge on any atom is 0.310 e. The van der Waals surface area contributed by atoms with Gasteiger partial charge in [-0.3, -0.25) is 24.0 Å². The molecule has 1 aromatic heterocycles. The lowest BCUT2D eigenvalue weighted by molar-refractivity contribution is -0.162. The minimum atomic E-state index is -2.07. The number of methoxy groups -OCH3 is 1. The zero-order chi connectivity index (χ0) is 30.2. The molecule has 0 aliphatic carbocycles. The van der Waals surface area contributed by atoms with Crippen LogP contribution >= 0.6 is 0 Å². The Hall–Kier alpha value is -4.48. The number of cyclic esters (lactones) is 2. The van der Waals surface area contributed by atoms with Crippen LogP contribution in [0, 0.1) is 17.8 Å². The highest BCUT2D eigenvalue weighted by Crippen LogP contribution is 2.36. The average molecular weight is 572 g/mol. The second-order valence-corrected chi connectivity index (χ2v) is 9.96. The number of pyridine rings is 1. The standard InChI is InChI=1S/C29H33NO11/c1-17(27(34)35)12-20-15-38-23(32)14-29(3,41-28(36)21(20)13-19-8-6-5-7-9-19)26(33)24-25(40-16-39-18(2)31)22(37-4)10-11-30-24/h5-11,17,20-21H,12-16H2,1-4H3,(H,34,35)/t17?,20-,21+,29?/m0/s1. The van der Waals surface area contributed by atoms with Crippen LogP contribution in [0.1, 0.15) is 49.7 Å². The van der Waals surface area contributed by atoms with Crippen LogP contribution < -0.4 is 9.47 Å². The van der Waals surface area contributed by atoms with E-state index in [0.717, 1.165) is 5.56 Å². The summed E-state index contributed by atoms with van der Waals surface area (Å²) in [7, 11) is 1.33. The van der Waals surface area contributed by atoms with Gasteiger partial charge in [0.25, 0.3) is 0 Å². The quantitative estimate of drug-likeness (QED) is 0.182. The van der Waals surface area contributed by atoms with Gasteiger partial charge >= 0.3 is 23.9 Å². The summed E-state index contributed by atoms with van der Waals surface area (Å²) in [5, 5.41) is 9.51. The van der Waals surface area contributed by atoms with Crippen LogP contribution in [0.15, 0.2) is 42.6 Å². The maximum absolute atomic E-state index is 13.9. The van der Waals surface area contributed by atoms with E-state index in [-0.39, 0.29) is 36.6 Å². The summed E-state index contributed by atoms with van der Waals surface area (Å²) < 4.78 is 26.8. The molecule has 1 saturated heterocycles. The molecule has 1 aromatic carbocycles. The molecular weight excluding hydrogens is 538 g/mol. The molecule has 41 heavy (non-hydrogen) atoms. The number of ether oxygens (including phenoxy) is 5. The Labute approximate surface area is 236 Å². The van der Waals surface area contributed by atoms with Gasteiger partial charge in [0, 0.05) is 25.1 Å². The molecule has 1 aliphatic heterocycles. The topological polar surface area (TPSA) is 165 Å². The third-order valence-corrected chi connectivity index (χ3v) is 6.76. The molecule has 0 radical (unpaired) electrons. The highest BCUT2D eigenvalue weighted by atomic mass is 16.7. The van der Waals surface area contributed by atoms with E-state index < -0.39 is 66.2 Å². The number of carboxylic acid groups (broad SMARTS) is 1. The van der Waals surface area contributed by atoms with Crippen LogP contribution in [0.3, 0.4) is 0 Å². The van der Waals surface area contributed by atoms with Gasteiger partial charge in [-0.05, 0) is 25.3 Å². The normalized spacial score (nSPS) is 21.7. The predicted molar refractivity (Wildman–Crippen MR) is 141 cm³/mol. The summed E-state index contributed by atoms with van der Waals surface area (Å²) >= 11 is 0. The van der Waals surface area contributed by atoms with Gasteiger partial charge in [0.05, 0.1) is 32.0 Å². The number of hydrogen-bond donors (Lipinski definition) is 1. The summed E-state index contributed by atoms with van der Waals surface area (Å²) in [6, 6.07) is 10.4. The van der Waals surface area contributed by atoms with Crippen LogP contribution in [0.25, 0.3) is 0 Å². The molecule has 1 aliphatic rings. The number of hydrogen-bond acceptors (Lipinski definition) is 11. The Balaban J connectivity index is 2.01. The van der Waals surface area contributed by atoms with E-state index in [1.165, 1.54) is 40.1 Å². The second-order valence-electron chi connectivity index (χ2n) is 9.96. The molecule has 12 heteroatoms. The van der Waals surface area contributed by atoms with Crippen molar-refractivity contribution in [3.63, 3.8) is 0 Å². The third-order valence-electron chi connectivity index (χ3n) is 6.76. The molecule has 0 bridgehead atoms. The van der Waals surface area contributed by atoms with Crippen molar-refractivity contribution in [1.29, 1.82) is 0 Å². The number of aromatic nitrogens is 1. The fourth-order valence-electron chi connectivity index (χ4n) is 4.52. The monoisotopic (exact) mass is 571 g/mol. The minimum Gasteiger partial charge on any atom is -0.493 e. The molecule has 1 N–H and O–H groups in total. The molecule has 0 amide bonds. The van der Waals surface area contributed by atoms with E-state index in [1.54, 1.807) is 24.3 Å². The van der Waals surface area contributed by atoms with Crippen LogP contribution in [0.5, 0.6) is 11.5 Å². The second kappa shape index (κ2) is 13.7. The Morgan fingerprint density at radius 1 is 1.17 bits per heavy atom. The molecule has 3 rings (SSSR count). The van der Waals surface area contributed by atoms with Gasteiger partial charge in [-0.1, -0.05) is 37.3 Å². The van der Waals surface area contributed by atoms with Crippen molar-refractivity contribution < 1.29 is 52.8 Å². The third kappa shape index (κ3) is 8.03. The molecular formula is C29H33NO11. The molecule has 2 unspecified atom stereocenters. The van der Waals surface area contributed by atoms with E-state index in [9.17, 15) is 29.1 Å². The van der Waals surface area contributed by atoms with Crippen molar-refractivity contribution >= 4 is 29.7 Å². The SMILES string of the molecule is COc1ccnc(C(=O)C2(C)CC(=O)OC[C@H](CC(C)C(=O)O)[C@@H](Cc3ccccc3)C(=O)O2)c1OCOC(C)=O. The minimum absolute atomic E-state index is 0.0332. The molecule has 2 heterocycles. The van der Waals surface area contributed by atoms with Gasteiger partial charge in [-0.2, -0.15) is 0 Å². The molecule has 0 spiro atoms. The van der Waals surface area contributed by atoms with Crippen LogP contribution in [0.2, 0.25) is 0 Å². The van der Waals surface area contributed by atoms with Gasteiger partial charge in [-0.25, -0.2) is 4.98 Å². The Bertz CT molecular complexity index is 1280.